The second-order valence-corrected chi connectivity index (χ2v) is 4.73. The summed E-state index contributed by atoms with van der Waals surface area (Å²) in [5.41, 5.74) is 0. The molecule has 16 heavy (non-hydrogen) atoms. The quantitative estimate of drug-likeness (QED) is 0.583. The summed E-state index contributed by atoms with van der Waals surface area (Å²) in [6.07, 6.45) is 4.61. The van der Waals surface area contributed by atoms with Crippen molar-refractivity contribution in [3.05, 3.63) is 24.3 Å². The molecule has 1 atom stereocenters. The molecule has 2 nitrogen and oxygen atoms in total. The number of hydrogen-bond acceptors (Lipinski definition) is 3. The first kappa shape index (κ1) is 13.4. The summed E-state index contributed by atoms with van der Waals surface area (Å²) in [6.45, 7) is 3.18. The third-order valence-electron chi connectivity index (χ3n) is 2.43. The van der Waals surface area contributed by atoms with Gasteiger partial charge in [0.25, 0.3) is 0 Å². The van der Waals surface area contributed by atoms with Crippen LogP contribution in [0.3, 0.4) is 0 Å². The minimum Gasteiger partial charge on any atom is -0.491 e. The van der Waals surface area contributed by atoms with Crippen LogP contribution >= 0.6 is 11.8 Å². The predicted molar refractivity (Wildman–Crippen MR) is 71.5 cm³/mol. The highest BCUT2D eigenvalue weighted by Crippen LogP contribution is 2.20. The van der Waals surface area contributed by atoms with Crippen molar-refractivity contribution in [1.29, 1.82) is 0 Å². The molecule has 90 valence electrons. The van der Waals surface area contributed by atoms with Crippen molar-refractivity contribution in [3.63, 3.8) is 0 Å². The summed E-state index contributed by atoms with van der Waals surface area (Å²) in [4.78, 5) is 1.27. The molecule has 0 aromatic heterocycles. The predicted octanol–water partition coefficient (Wildman–Crippen LogP) is 3.18. The lowest BCUT2D eigenvalue weighted by Crippen LogP contribution is -2.15. The average Bonchev–Trinajstić information content (AvgIpc) is 2.30. The Morgan fingerprint density at radius 1 is 1.31 bits per heavy atom. The maximum absolute atomic E-state index is 5.82. The molecule has 0 fully saturated rings. The van der Waals surface area contributed by atoms with Crippen LogP contribution < -0.4 is 10.1 Å². The van der Waals surface area contributed by atoms with E-state index in [0.29, 0.717) is 0 Å². The molecule has 0 aliphatic carbocycles. The highest BCUT2D eigenvalue weighted by atomic mass is 32.2. The second kappa shape index (κ2) is 7.58. The van der Waals surface area contributed by atoms with E-state index in [0.717, 1.165) is 25.1 Å². The van der Waals surface area contributed by atoms with Gasteiger partial charge in [-0.25, -0.2) is 0 Å². The molecule has 0 amide bonds. The van der Waals surface area contributed by atoms with Gasteiger partial charge < -0.3 is 10.1 Å². The van der Waals surface area contributed by atoms with E-state index < -0.39 is 0 Å². The van der Waals surface area contributed by atoms with Crippen molar-refractivity contribution in [2.75, 3.05) is 19.8 Å². The van der Waals surface area contributed by atoms with Gasteiger partial charge in [0.1, 0.15) is 5.75 Å². The van der Waals surface area contributed by atoms with Crippen LogP contribution in [0.4, 0.5) is 0 Å². The van der Waals surface area contributed by atoms with Crippen LogP contribution in [0, 0.1) is 0 Å². The molecule has 3 heteroatoms. The first-order chi connectivity index (χ1) is 7.76. The zero-order valence-corrected chi connectivity index (χ0v) is 11.1. The van der Waals surface area contributed by atoms with Crippen molar-refractivity contribution in [2.24, 2.45) is 0 Å². The molecule has 0 aliphatic heterocycles. The third kappa shape index (κ3) is 4.90. The van der Waals surface area contributed by atoms with Crippen LogP contribution in [0.1, 0.15) is 19.8 Å². The zero-order chi connectivity index (χ0) is 11.8. The highest BCUT2D eigenvalue weighted by molar-refractivity contribution is 7.98. The Bertz CT molecular complexity index is 286. The average molecular weight is 239 g/mol. The van der Waals surface area contributed by atoms with Gasteiger partial charge in [0.2, 0.25) is 0 Å². The van der Waals surface area contributed by atoms with Gasteiger partial charge in [-0.3, -0.25) is 0 Å². The Morgan fingerprint density at radius 2 is 2.00 bits per heavy atom. The first-order valence-electron chi connectivity index (χ1n) is 5.71. The lowest BCUT2D eigenvalue weighted by Gasteiger charge is -2.14. The summed E-state index contributed by atoms with van der Waals surface area (Å²) in [5, 5.41) is 3.14. The standard InChI is InChI=1S/C13H21NOS/c1-11(5-4-10-14-2)15-12-6-8-13(16-3)9-7-12/h6-9,11,14H,4-5,10H2,1-3H3. The van der Waals surface area contributed by atoms with Crippen LogP contribution in [0.5, 0.6) is 5.75 Å². The number of rotatable bonds is 7. The molecule has 0 heterocycles. The van der Waals surface area contributed by atoms with Crippen LogP contribution in [0.15, 0.2) is 29.2 Å². The normalized spacial score (nSPS) is 12.4. The number of nitrogens with one attached hydrogen (secondary N) is 1. The molecule has 1 unspecified atom stereocenters. The highest BCUT2D eigenvalue weighted by Gasteiger charge is 2.03. The minimum atomic E-state index is 0.286. The van der Waals surface area contributed by atoms with Crippen molar-refractivity contribution in [3.8, 4) is 5.75 Å². The van der Waals surface area contributed by atoms with Gasteiger partial charge >= 0.3 is 0 Å². The number of thioether (sulfide) groups is 1. The molecule has 0 saturated carbocycles. The minimum absolute atomic E-state index is 0.286. The summed E-state index contributed by atoms with van der Waals surface area (Å²) >= 11 is 1.75. The van der Waals surface area contributed by atoms with E-state index in [1.54, 1.807) is 11.8 Å². The van der Waals surface area contributed by atoms with Crippen LogP contribution in [-0.2, 0) is 0 Å². The van der Waals surface area contributed by atoms with Crippen molar-refractivity contribution >= 4 is 11.8 Å². The van der Waals surface area contributed by atoms with Gasteiger partial charge in [-0.15, -0.1) is 11.8 Å². The Hall–Kier alpha value is -0.670. The molecule has 0 bridgehead atoms. The van der Waals surface area contributed by atoms with Crippen molar-refractivity contribution < 1.29 is 4.74 Å². The molecule has 1 rings (SSSR count). The molecular formula is C13H21NOS. The fourth-order valence-electron chi connectivity index (χ4n) is 1.51. The van der Waals surface area contributed by atoms with Crippen LogP contribution in [0.2, 0.25) is 0 Å². The molecule has 0 radical (unpaired) electrons. The van der Waals surface area contributed by atoms with E-state index in [1.807, 2.05) is 19.2 Å². The van der Waals surface area contributed by atoms with Crippen molar-refractivity contribution in [1.82, 2.24) is 5.32 Å². The smallest absolute Gasteiger partial charge is 0.119 e. The fraction of sp³-hybridized carbons (Fsp3) is 0.538. The fourth-order valence-corrected chi connectivity index (χ4v) is 1.92. The monoisotopic (exact) mass is 239 g/mol. The zero-order valence-electron chi connectivity index (χ0n) is 10.3. The number of hydrogen-bond donors (Lipinski definition) is 1. The van der Waals surface area contributed by atoms with Gasteiger partial charge in [-0.2, -0.15) is 0 Å². The summed E-state index contributed by atoms with van der Waals surface area (Å²) in [6, 6.07) is 8.28. The summed E-state index contributed by atoms with van der Waals surface area (Å²) in [7, 11) is 1.98. The molecule has 0 saturated heterocycles. The molecule has 1 N–H and O–H groups in total. The summed E-state index contributed by atoms with van der Waals surface area (Å²) in [5.74, 6) is 0.967. The molecule has 0 aliphatic rings. The summed E-state index contributed by atoms with van der Waals surface area (Å²) < 4.78 is 5.82. The molecule has 1 aromatic carbocycles. The molecular weight excluding hydrogens is 218 g/mol. The lowest BCUT2D eigenvalue weighted by atomic mass is 10.2. The van der Waals surface area contributed by atoms with E-state index in [2.05, 4.69) is 30.6 Å². The topological polar surface area (TPSA) is 21.3 Å². The maximum atomic E-state index is 5.82. The third-order valence-corrected chi connectivity index (χ3v) is 3.18. The Labute approximate surface area is 103 Å². The van der Waals surface area contributed by atoms with E-state index >= 15 is 0 Å². The largest absolute Gasteiger partial charge is 0.491 e. The Kier molecular flexibility index (Phi) is 6.34. The van der Waals surface area contributed by atoms with Gasteiger partial charge in [-0.1, -0.05) is 0 Å². The van der Waals surface area contributed by atoms with Gasteiger partial charge in [0, 0.05) is 4.90 Å². The van der Waals surface area contributed by atoms with Crippen LogP contribution in [-0.4, -0.2) is 26.0 Å². The lowest BCUT2D eigenvalue weighted by molar-refractivity contribution is 0.207. The number of benzene rings is 1. The Morgan fingerprint density at radius 3 is 2.56 bits per heavy atom. The van der Waals surface area contributed by atoms with Gasteiger partial charge in [0.15, 0.2) is 0 Å². The van der Waals surface area contributed by atoms with Gasteiger partial charge in [0.05, 0.1) is 6.10 Å². The number of ether oxygens (including phenoxy) is 1. The Balaban J connectivity index is 2.34. The SMILES string of the molecule is CNCCCC(C)Oc1ccc(SC)cc1. The van der Waals surface area contributed by atoms with E-state index in [4.69, 9.17) is 4.74 Å². The van der Waals surface area contributed by atoms with E-state index in [9.17, 15) is 0 Å². The first-order valence-corrected chi connectivity index (χ1v) is 6.94. The molecule has 0 spiro atoms. The van der Waals surface area contributed by atoms with E-state index in [-0.39, 0.29) is 6.10 Å². The van der Waals surface area contributed by atoms with Crippen molar-refractivity contribution in [2.45, 2.75) is 30.8 Å². The van der Waals surface area contributed by atoms with Gasteiger partial charge in [-0.05, 0) is 63.9 Å². The van der Waals surface area contributed by atoms with Crippen LogP contribution in [0.25, 0.3) is 0 Å². The van der Waals surface area contributed by atoms with E-state index in [1.165, 1.54) is 4.90 Å². The molecule has 1 aromatic rings. The second-order valence-electron chi connectivity index (χ2n) is 3.85. The maximum Gasteiger partial charge on any atom is 0.119 e.